The second-order valence-corrected chi connectivity index (χ2v) is 8.35. The van der Waals surface area contributed by atoms with Crippen molar-refractivity contribution in [2.75, 3.05) is 25.0 Å². The van der Waals surface area contributed by atoms with Crippen LogP contribution >= 0.6 is 0 Å². The summed E-state index contributed by atoms with van der Waals surface area (Å²) in [6.45, 7) is 4.07. The molecule has 1 amide bonds. The van der Waals surface area contributed by atoms with Gasteiger partial charge in [-0.25, -0.2) is 18.9 Å². The highest BCUT2D eigenvalue weighted by Gasteiger charge is 2.25. The third-order valence-electron chi connectivity index (χ3n) is 6.37. The van der Waals surface area contributed by atoms with Crippen LogP contribution in [0.25, 0.3) is 5.65 Å². The van der Waals surface area contributed by atoms with Crippen molar-refractivity contribution in [2.24, 2.45) is 5.92 Å². The SMILES string of the molecule is CC1CCN(c2nccn3c(=O)n(CC(=O)N(C)C4CCCCC4)nc23)CC1. The molecule has 0 bridgehead atoms. The van der Waals surface area contributed by atoms with E-state index in [9.17, 15) is 9.59 Å². The van der Waals surface area contributed by atoms with Gasteiger partial charge in [0.15, 0.2) is 5.82 Å². The predicted molar refractivity (Wildman–Crippen MR) is 108 cm³/mol. The number of fused-ring (bicyclic) bond motifs is 1. The van der Waals surface area contributed by atoms with Gasteiger partial charge in [-0.15, -0.1) is 5.10 Å². The molecule has 1 aliphatic heterocycles. The number of amides is 1. The third-order valence-corrected chi connectivity index (χ3v) is 6.37. The molecule has 0 N–H and O–H groups in total. The minimum Gasteiger partial charge on any atom is -0.353 e. The lowest BCUT2D eigenvalue weighted by Gasteiger charge is -2.31. The van der Waals surface area contributed by atoms with Gasteiger partial charge in [0.25, 0.3) is 0 Å². The van der Waals surface area contributed by atoms with Gasteiger partial charge in [0.05, 0.1) is 0 Å². The van der Waals surface area contributed by atoms with Crippen molar-refractivity contribution in [1.29, 1.82) is 0 Å². The maximum Gasteiger partial charge on any atom is 0.350 e. The maximum atomic E-state index is 12.8. The lowest BCUT2D eigenvalue weighted by Crippen LogP contribution is -2.41. The zero-order valence-corrected chi connectivity index (χ0v) is 16.9. The molecule has 8 nitrogen and oxygen atoms in total. The average Bonchev–Trinajstić information content (AvgIpc) is 3.04. The lowest BCUT2D eigenvalue weighted by atomic mass is 9.94. The first-order chi connectivity index (χ1) is 13.5. The van der Waals surface area contributed by atoms with E-state index in [2.05, 4.69) is 21.9 Å². The maximum absolute atomic E-state index is 12.8. The minimum atomic E-state index is -0.283. The first-order valence-electron chi connectivity index (χ1n) is 10.5. The van der Waals surface area contributed by atoms with Crippen molar-refractivity contribution in [3.63, 3.8) is 0 Å². The molecule has 2 aromatic heterocycles. The number of nitrogens with zero attached hydrogens (tertiary/aromatic N) is 6. The summed E-state index contributed by atoms with van der Waals surface area (Å²) in [5.74, 6) is 1.39. The van der Waals surface area contributed by atoms with Crippen LogP contribution in [0.4, 0.5) is 5.82 Å². The fourth-order valence-corrected chi connectivity index (χ4v) is 4.39. The molecule has 28 heavy (non-hydrogen) atoms. The van der Waals surface area contributed by atoms with Crippen LogP contribution in [0.2, 0.25) is 0 Å². The molecule has 2 aromatic rings. The average molecular weight is 387 g/mol. The van der Waals surface area contributed by atoms with Crippen LogP contribution in [0.1, 0.15) is 51.9 Å². The summed E-state index contributed by atoms with van der Waals surface area (Å²) in [5.41, 5.74) is 0.254. The summed E-state index contributed by atoms with van der Waals surface area (Å²) in [6.07, 6.45) is 11.2. The Morgan fingerprint density at radius 1 is 1.18 bits per heavy atom. The molecule has 1 saturated heterocycles. The molecule has 0 aromatic carbocycles. The standard InChI is InChI=1S/C20H30N6O2/c1-15-8-11-24(12-9-15)18-19-22-26(20(28)25(19)13-10-21-18)14-17(27)23(2)16-6-4-3-5-7-16/h10,13,15-16H,3-9,11-12,14H2,1-2H3. The molecule has 1 saturated carbocycles. The summed E-state index contributed by atoms with van der Waals surface area (Å²) < 4.78 is 2.79. The number of carbonyl (C=O) groups excluding carboxylic acids is 1. The van der Waals surface area contributed by atoms with Gasteiger partial charge in [0.1, 0.15) is 6.54 Å². The molecular weight excluding hydrogens is 356 g/mol. The van der Waals surface area contributed by atoms with E-state index in [-0.39, 0.29) is 24.2 Å². The Balaban J connectivity index is 1.56. The van der Waals surface area contributed by atoms with Gasteiger partial charge in [0.2, 0.25) is 11.6 Å². The lowest BCUT2D eigenvalue weighted by molar-refractivity contribution is -0.133. The second-order valence-electron chi connectivity index (χ2n) is 8.35. The van der Waals surface area contributed by atoms with Crippen LogP contribution in [0.15, 0.2) is 17.2 Å². The summed E-state index contributed by atoms with van der Waals surface area (Å²) in [6, 6.07) is 0.279. The topological polar surface area (TPSA) is 75.7 Å². The Labute approximate surface area is 165 Å². The van der Waals surface area contributed by atoms with E-state index >= 15 is 0 Å². The van der Waals surface area contributed by atoms with Crippen LogP contribution in [0.5, 0.6) is 0 Å². The highest BCUT2D eigenvalue weighted by molar-refractivity contribution is 5.76. The minimum absolute atomic E-state index is 0.0238. The number of aromatic nitrogens is 4. The highest BCUT2D eigenvalue weighted by atomic mass is 16.2. The van der Waals surface area contributed by atoms with Crippen LogP contribution in [-0.2, 0) is 11.3 Å². The first kappa shape index (κ1) is 19.0. The van der Waals surface area contributed by atoms with E-state index in [0.29, 0.717) is 11.6 Å². The van der Waals surface area contributed by atoms with Gasteiger partial charge in [-0.2, -0.15) is 0 Å². The van der Waals surface area contributed by atoms with E-state index in [1.165, 1.54) is 28.3 Å². The monoisotopic (exact) mass is 386 g/mol. The van der Waals surface area contributed by atoms with Crippen molar-refractivity contribution in [1.82, 2.24) is 24.1 Å². The normalized spacial score (nSPS) is 19.3. The first-order valence-corrected chi connectivity index (χ1v) is 10.5. The van der Waals surface area contributed by atoms with E-state index in [1.807, 2.05) is 7.05 Å². The largest absolute Gasteiger partial charge is 0.353 e. The van der Waals surface area contributed by atoms with Crippen molar-refractivity contribution in [2.45, 2.75) is 64.5 Å². The molecule has 0 atom stereocenters. The molecule has 1 aliphatic carbocycles. The molecule has 0 spiro atoms. The molecule has 2 fully saturated rings. The smallest absolute Gasteiger partial charge is 0.350 e. The van der Waals surface area contributed by atoms with Gasteiger partial charge in [0, 0.05) is 38.6 Å². The Kier molecular flexibility index (Phi) is 5.37. The number of carbonyl (C=O) groups is 1. The molecule has 0 radical (unpaired) electrons. The third kappa shape index (κ3) is 3.64. The zero-order valence-electron chi connectivity index (χ0n) is 16.9. The van der Waals surface area contributed by atoms with Crippen LogP contribution in [0.3, 0.4) is 0 Å². The molecule has 0 unspecified atom stereocenters. The van der Waals surface area contributed by atoms with Gasteiger partial charge in [-0.3, -0.25) is 4.79 Å². The van der Waals surface area contributed by atoms with E-state index < -0.39 is 0 Å². The summed E-state index contributed by atoms with van der Waals surface area (Å²) in [7, 11) is 1.85. The number of rotatable bonds is 4. The highest BCUT2D eigenvalue weighted by Crippen LogP contribution is 2.24. The molecule has 3 heterocycles. The zero-order chi connectivity index (χ0) is 19.7. The molecular formula is C20H30N6O2. The number of piperidine rings is 1. The Morgan fingerprint density at radius 3 is 2.61 bits per heavy atom. The van der Waals surface area contributed by atoms with E-state index in [0.717, 1.165) is 44.6 Å². The van der Waals surface area contributed by atoms with Crippen molar-refractivity contribution >= 4 is 17.4 Å². The quantitative estimate of drug-likeness (QED) is 0.802. The Hall–Kier alpha value is -2.38. The van der Waals surface area contributed by atoms with Gasteiger partial charge < -0.3 is 9.80 Å². The predicted octanol–water partition coefficient (Wildman–Crippen LogP) is 1.92. The number of anilines is 1. The Bertz CT molecular complexity index is 890. The fourth-order valence-electron chi connectivity index (χ4n) is 4.39. The summed E-state index contributed by atoms with van der Waals surface area (Å²) in [4.78, 5) is 34.0. The second kappa shape index (κ2) is 7.93. The molecule has 8 heteroatoms. The van der Waals surface area contributed by atoms with E-state index in [1.54, 1.807) is 17.3 Å². The molecule has 2 aliphatic rings. The van der Waals surface area contributed by atoms with Crippen LogP contribution in [-0.4, -0.2) is 56.2 Å². The number of hydrogen-bond donors (Lipinski definition) is 0. The molecule has 152 valence electrons. The summed E-state index contributed by atoms with van der Waals surface area (Å²) >= 11 is 0. The van der Waals surface area contributed by atoms with Gasteiger partial charge in [-0.1, -0.05) is 26.2 Å². The van der Waals surface area contributed by atoms with Crippen LogP contribution < -0.4 is 10.6 Å². The summed E-state index contributed by atoms with van der Waals surface area (Å²) in [5, 5.41) is 4.49. The van der Waals surface area contributed by atoms with E-state index in [4.69, 9.17) is 0 Å². The fraction of sp³-hybridized carbons (Fsp3) is 0.700. The Morgan fingerprint density at radius 2 is 1.89 bits per heavy atom. The number of likely N-dealkylation sites (N-methyl/N-ethyl adjacent to an activating group) is 1. The van der Waals surface area contributed by atoms with Gasteiger partial charge >= 0.3 is 5.69 Å². The van der Waals surface area contributed by atoms with Gasteiger partial charge in [-0.05, 0) is 31.6 Å². The molecule has 4 rings (SSSR count). The number of hydrogen-bond acceptors (Lipinski definition) is 5. The van der Waals surface area contributed by atoms with Crippen molar-refractivity contribution in [3.05, 3.63) is 22.9 Å². The van der Waals surface area contributed by atoms with Crippen LogP contribution in [0, 0.1) is 5.92 Å². The van der Waals surface area contributed by atoms with Crippen molar-refractivity contribution < 1.29 is 4.79 Å². The van der Waals surface area contributed by atoms with Crippen molar-refractivity contribution in [3.8, 4) is 0 Å².